The Labute approximate surface area is 107 Å². The van der Waals surface area contributed by atoms with E-state index in [1.165, 1.54) is 5.56 Å². The minimum atomic E-state index is 0.295. The van der Waals surface area contributed by atoms with Gasteiger partial charge in [-0.25, -0.2) is 4.98 Å². The highest BCUT2D eigenvalue weighted by Crippen LogP contribution is 2.17. The van der Waals surface area contributed by atoms with Crippen molar-refractivity contribution in [3.8, 4) is 11.8 Å². The van der Waals surface area contributed by atoms with Gasteiger partial charge in [0.1, 0.15) is 6.07 Å². The number of hydrogen-bond acceptors (Lipinski definition) is 3. The largest absolute Gasteiger partial charge is 0.310 e. The molecule has 0 aliphatic carbocycles. The summed E-state index contributed by atoms with van der Waals surface area (Å²) in [6.07, 6.45) is 3.44. The van der Waals surface area contributed by atoms with Crippen LogP contribution in [0.1, 0.15) is 31.3 Å². The monoisotopic (exact) mass is 240 g/mol. The summed E-state index contributed by atoms with van der Waals surface area (Å²) in [4.78, 5) is 4.01. The maximum absolute atomic E-state index is 8.99. The maximum Gasteiger partial charge on any atom is 0.217 e. The Kier molecular flexibility index (Phi) is 3.75. The number of nitriles is 1. The van der Waals surface area contributed by atoms with Crippen molar-refractivity contribution < 1.29 is 0 Å². The fourth-order valence-electron chi connectivity index (χ4n) is 1.96. The lowest BCUT2D eigenvalue weighted by Gasteiger charge is -2.14. The van der Waals surface area contributed by atoms with Gasteiger partial charge in [-0.1, -0.05) is 19.1 Å². The lowest BCUT2D eigenvalue weighted by atomic mass is 10.1. The molecule has 1 unspecified atom stereocenters. The first kappa shape index (κ1) is 12.3. The van der Waals surface area contributed by atoms with Crippen molar-refractivity contribution in [3.63, 3.8) is 0 Å². The fraction of sp³-hybridized carbons (Fsp3) is 0.286. The molecular weight excluding hydrogens is 224 g/mol. The summed E-state index contributed by atoms with van der Waals surface area (Å²) in [5, 5.41) is 12.4. The van der Waals surface area contributed by atoms with Gasteiger partial charge in [0.15, 0.2) is 0 Å². The molecule has 1 heterocycles. The molecule has 18 heavy (non-hydrogen) atoms. The van der Waals surface area contributed by atoms with Crippen LogP contribution in [0.5, 0.6) is 0 Å². The van der Waals surface area contributed by atoms with Crippen LogP contribution in [-0.2, 0) is 0 Å². The van der Waals surface area contributed by atoms with E-state index in [4.69, 9.17) is 5.26 Å². The van der Waals surface area contributed by atoms with Crippen molar-refractivity contribution in [1.29, 1.82) is 5.26 Å². The number of rotatable bonds is 4. The second-order valence-corrected chi connectivity index (χ2v) is 4.11. The highest BCUT2D eigenvalue weighted by Gasteiger charge is 2.07. The molecule has 1 aromatic carbocycles. The summed E-state index contributed by atoms with van der Waals surface area (Å²) in [6.45, 7) is 5.14. The average molecular weight is 240 g/mol. The van der Waals surface area contributed by atoms with E-state index in [0.29, 0.717) is 11.9 Å². The Morgan fingerprint density at radius 3 is 3.06 bits per heavy atom. The van der Waals surface area contributed by atoms with Crippen LogP contribution in [0.25, 0.3) is 5.69 Å². The molecule has 2 rings (SSSR count). The van der Waals surface area contributed by atoms with E-state index < -0.39 is 0 Å². The molecule has 0 saturated heterocycles. The maximum atomic E-state index is 8.99. The summed E-state index contributed by atoms with van der Waals surface area (Å²) in [6, 6.07) is 10.5. The van der Waals surface area contributed by atoms with Crippen molar-refractivity contribution in [2.75, 3.05) is 6.54 Å². The molecule has 0 bridgehead atoms. The highest BCUT2D eigenvalue weighted by atomic mass is 15.1. The van der Waals surface area contributed by atoms with Gasteiger partial charge in [-0.15, -0.1) is 0 Å². The Balaban J connectivity index is 2.36. The normalized spacial score (nSPS) is 12.1. The van der Waals surface area contributed by atoms with Gasteiger partial charge in [0.2, 0.25) is 5.82 Å². The summed E-state index contributed by atoms with van der Waals surface area (Å²) in [5.41, 5.74) is 2.17. The van der Waals surface area contributed by atoms with Crippen molar-refractivity contribution in [1.82, 2.24) is 14.9 Å². The Morgan fingerprint density at radius 2 is 2.33 bits per heavy atom. The van der Waals surface area contributed by atoms with Crippen LogP contribution >= 0.6 is 0 Å². The number of hydrogen-bond donors (Lipinski definition) is 1. The Morgan fingerprint density at radius 1 is 1.50 bits per heavy atom. The van der Waals surface area contributed by atoms with Crippen LogP contribution in [0.3, 0.4) is 0 Å². The number of imidazole rings is 1. The van der Waals surface area contributed by atoms with Crippen molar-refractivity contribution in [2.24, 2.45) is 0 Å². The number of benzene rings is 1. The van der Waals surface area contributed by atoms with Gasteiger partial charge in [0.05, 0.1) is 0 Å². The third kappa shape index (κ3) is 2.41. The van der Waals surface area contributed by atoms with Gasteiger partial charge in [-0.05, 0) is 31.2 Å². The van der Waals surface area contributed by atoms with Crippen LogP contribution in [0, 0.1) is 11.3 Å². The van der Waals surface area contributed by atoms with E-state index in [0.717, 1.165) is 12.2 Å². The predicted molar refractivity (Wildman–Crippen MR) is 70.4 cm³/mol. The molecule has 0 spiro atoms. The molecule has 1 atom stereocenters. The van der Waals surface area contributed by atoms with E-state index in [1.807, 2.05) is 12.1 Å². The van der Waals surface area contributed by atoms with Gasteiger partial charge < -0.3 is 5.32 Å². The first-order valence-corrected chi connectivity index (χ1v) is 6.03. The molecule has 1 aromatic heterocycles. The number of aromatic nitrogens is 2. The van der Waals surface area contributed by atoms with Crippen LogP contribution in [0.15, 0.2) is 36.7 Å². The quantitative estimate of drug-likeness (QED) is 0.892. The molecule has 92 valence electrons. The summed E-state index contributed by atoms with van der Waals surface area (Å²) in [7, 11) is 0. The third-order valence-corrected chi connectivity index (χ3v) is 2.90. The summed E-state index contributed by atoms with van der Waals surface area (Å²) in [5.74, 6) is 0.406. The Hall–Kier alpha value is -2.12. The summed E-state index contributed by atoms with van der Waals surface area (Å²) >= 11 is 0. The van der Waals surface area contributed by atoms with E-state index in [1.54, 1.807) is 17.0 Å². The molecule has 0 aliphatic rings. The predicted octanol–water partition coefficient (Wildman–Crippen LogP) is 2.41. The average Bonchev–Trinajstić information content (AvgIpc) is 2.87. The molecule has 0 saturated carbocycles. The molecule has 0 aliphatic heterocycles. The molecule has 0 fully saturated rings. The second-order valence-electron chi connectivity index (χ2n) is 4.11. The van der Waals surface area contributed by atoms with E-state index in [-0.39, 0.29) is 0 Å². The van der Waals surface area contributed by atoms with Gasteiger partial charge in [0.25, 0.3) is 0 Å². The zero-order valence-electron chi connectivity index (χ0n) is 10.6. The lowest BCUT2D eigenvalue weighted by Crippen LogP contribution is -2.17. The smallest absolute Gasteiger partial charge is 0.217 e. The highest BCUT2D eigenvalue weighted by molar-refractivity contribution is 5.39. The molecule has 4 nitrogen and oxygen atoms in total. The number of nitrogens with zero attached hydrogens (tertiary/aromatic N) is 3. The molecule has 2 aromatic rings. The minimum absolute atomic E-state index is 0.295. The second kappa shape index (κ2) is 5.48. The van der Waals surface area contributed by atoms with Crippen LogP contribution in [-0.4, -0.2) is 16.1 Å². The molecule has 0 amide bonds. The van der Waals surface area contributed by atoms with Crippen molar-refractivity contribution >= 4 is 0 Å². The molecular formula is C14H16N4. The van der Waals surface area contributed by atoms with Gasteiger partial charge in [-0.2, -0.15) is 5.26 Å². The van der Waals surface area contributed by atoms with E-state index in [2.05, 4.69) is 42.4 Å². The van der Waals surface area contributed by atoms with Crippen molar-refractivity contribution in [2.45, 2.75) is 19.9 Å². The molecule has 1 N–H and O–H groups in total. The minimum Gasteiger partial charge on any atom is -0.310 e. The summed E-state index contributed by atoms with van der Waals surface area (Å²) < 4.78 is 1.79. The van der Waals surface area contributed by atoms with Crippen LogP contribution < -0.4 is 5.32 Å². The fourth-order valence-corrected chi connectivity index (χ4v) is 1.96. The van der Waals surface area contributed by atoms with Crippen LogP contribution in [0.2, 0.25) is 0 Å². The first-order valence-electron chi connectivity index (χ1n) is 6.03. The van der Waals surface area contributed by atoms with Gasteiger partial charge in [-0.3, -0.25) is 4.57 Å². The van der Waals surface area contributed by atoms with Crippen LogP contribution in [0.4, 0.5) is 0 Å². The van der Waals surface area contributed by atoms with E-state index in [9.17, 15) is 0 Å². The third-order valence-electron chi connectivity index (χ3n) is 2.90. The van der Waals surface area contributed by atoms with Crippen molar-refractivity contribution in [3.05, 3.63) is 48.0 Å². The zero-order valence-corrected chi connectivity index (χ0v) is 10.6. The topological polar surface area (TPSA) is 53.6 Å². The molecule has 4 heteroatoms. The lowest BCUT2D eigenvalue weighted by molar-refractivity contribution is 0.598. The van der Waals surface area contributed by atoms with Gasteiger partial charge >= 0.3 is 0 Å². The zero-order chi connectivity index (χ0) is 13.0. The van der Waals surface area contributed by atoms with Gasteiger partial charge in [0, 0.05) is 24.1 Å². The SMILES string of the molecule is CCNC(C)c1cccc(-n2ccnc2C#N)c1. The number of nitrogens with one attached hydrogen (secondary N) is 1. The first-order chi connectivity index (χ1) is 8.76. The molecule has 0 radical (unpaired) electrons. The van der Waals surface area contributed by atoms with E-state index >= 15 is 0 Å². The Bertz CT molecular complexity index is 565. The standard InChI is InChI=1S/C14H16N4/c1-3-16-11(2)12-5-4-6-13(9-12)18-8-7-17-14(18)10-15/h4-9,11,16H,3H2,1-2H3.